The van der Waals surface area contributed by atoms with E-state index in [1.807, 2.05) is 0 Å². The highest BCUT2D eigenvalue weighted by atomic mass is 16.7. The van der Waals surface area contributed by atoms with Gasteiger partial charge in [0.1, 0.15) is 90.6 Å². The number of nitrogens with zero attached hydrogens (tertiary/aromatic N) is 4. The van der Waals surface area contributed by atoms with E-state index in [1.54, 1.807) is 88.4 Å². The molecule has 3 aliphatic rings. The molecule has 15 atom stereocenters. The molecule has 105 heavy (non-hydrogen) atoms. The van der Waals surface area contributed by atoms with Gasteiger partial charge in [0.2, 0.25) is 70.9 Å². The van der Waals surface area contributed by atoms with Gasteiger partial charge < -0.3 is 105 Å². The first-order valence-corrected chi connectivity index (χ1v) is 35.0. The van der Waals surface area contributed by atoms with Gasteiger partial charge in [-0.05, 0) is 85.7 Å². The van der Waals surface area contributed by atoms with Crippen molar-refractivity contribution in [3.63, 3.8) is 0 Å². The third kappa shape index (κ3) is 24.5. The van der Waals surface area contributed by atoms with E-state index in [4.69, 9.17) is 26.7 Å². The monoisotopic (exact) mass is 1470 g/mol. The fourth-order valence-corrected chi connectivity index (χ4v) is 12.3. The molecule has 1 aromatic heterocycles. The molecule has 0 saturated carbocycles. The summed E-state index contributed by atoms with van der Waals surface area (Å²) in [4.78, 5) is 176. The third-order valence-corrected chi connectivity index (χ3v) is 18.0. The Morgan fingerprint density at radius 3 is 1.65 bits per heavy atom. The lowest BCUT2D eigenvalue weighted by atomic mass is 9.99. The van der Waals surface area contributed by atoms with Crippen LogP contribution < -0.4 is 65.1 Å². The van der Waals surface area contributed by atoms with Crippen molar-refractivity contribution in [1.29, 1.82) is 0 Å². The number of rotatable bonds is 24. The maximum Gasteiger partial charge on any atom is 0.246 e. The number of aliphatic hydroxyl groups is 4. The standard InChI is InChI=1S/C70H98N16O19/c1-37(2)29-46-62(96)81-51(32-40-15-9-6-10-16-40)69(103)86-26-12-18-52(86)67(101)80-49(33-42-35-85(84-83-42)27-28-104-70-59(93)58(92)57(91)53(36-87)105-70)64(98)78-47(30-39-13-7-5-8-14-39)63(97)79-50(34-55(73)90)65(99)74-45(23-24-54(72)89)61(95)77-48(31-41-19-21-43(88)22-20-41)66(100)82-56(38(3)4)68(102)75-44(17-11-25-71)60(94)76-46/h5-10,13-16,19-22,35,37-38,44-53,56-59,70,87-88,91-93H,11-12,17-18,23-34,36,71H2,1-4H3,(H2,72,89)(H2,73,90)(H,74,99)(H,75,102)(H,76,94)(H,77,95)(H,78,98)(H,79,97)(H,80,101)(H,81,96)(H,82,100)/t44-,45-,46-,47+,48-,49-,50-,51+,52-,53+,56-,57-,58-,59+,70+/m0/s1. The van der Waals surface area contributed by atoms with Crippen LogP contribution in [0.15, 0.2) is 91.1 Å². The van der Waals surface area contributed by atoms with Crippen molar-refractivity contribution in [2.75, 3.05) is 26.3 Å². The quantitative estimate of drug-likeness (QED) is 0.0312. The van der Waals surface area contributed by atoms with Crippen molar-refractivity contribution >= 4 is 70.9 Å². The van der Waals surface area contributed by atoms with Gasteiger partial charge in [-0.25, -0.2) is 4.68 Å². The van der Waals surface area contributed by atoms with Crippen molar-refractivity contribution in [2.45, 2.75) is 202 Å². The van der Waals surface area contributed by atoms with Crippen LogP contribution in [0.1, 0.15) is 101 Å². The van der Waals surface area contributed by atoms with Gasteiger partial charge in [-0.15, -0.1) is 5.10 Å². The number of amides is 12. The number of fused-ring (bicyclic) bond motifs is 1. The molecule has 3 aliphatic heterocycles. The molecule has 3 fully saturated rings. The lowest BCUT2D eigenvalue weighted by Crippen LogP contribution is -2.62. The number of benzene rings is 3. The molecular formula is C70H98N16O19. The van der Waals surface area contributed by atoms with E-state index >= 15 is 14.4 Å². The lowest BCUT2D eigenvalue weighted by molar-refractivity contribution is -0.301. The molecule has 0 spiro atoms. The number of phenolic OH excluding ortho intramolecular Hbond substituents is 1. The first-order valence-electron chi connectivity index (χ1n) is 35.0. The minimum atomic E-state index is -1.94. The van der Waals surface area contributed by atoms with Crippen LogP contribution in [0.5, 0.6) is 5.75 Å². The number of aromatic nitrogens is 3. The molecule has 0 bridgehead atoms. The second kappa shape index (κ2) is 39.7. The zero-order chi connectivity index (χ0) is 76.6. The van der Waals surface area contributed by atoms with Gasteiger partial charge in [-0.1, -0.05) is 106 Å². The number of phenols is 1. The number of primary amides is 2. The summed E-state index contributed by atoms with van der Waals surface area (Å²) in [7, 11) is 0. The Labute approximate surface area is 605 Å². The van der Waals surface area contributed by atoms with Crippen LogP contribution in [-0.2, 0) is 99.2 Å². The number of ether oxygens (including phenoxy) is 2. The molecule has 3 aromatic carbocycles. The molecule has 0 unspecified atom stereocenters. The Bertz CT molecular complexity index is 3630. The molecule has 572 valence electrons. The van der Waals surface area contributed by atoms with Crippen molar-refractivity contribution < 1.29 is 92.5 Å². The minimum absolute atomic E-state index is 0.0109. The Morgan fingerprint density at radius 1 is 0.581 bits per heavy atom. The summed E-state index contributed by atoms with van der Waals surface area (Å²) in [6.45, 7) is 5.72. The minimum Gasteiger partial charge on any atom is -0.508 e. The van der Waals surface area contributed by atoms with Gasteiger partial charge in [0, 0.05) is 44.8 Å². The van der Waals surface area contributed by atoms with Gasteiger partial charge in [-0.2, -0.15) is 0 Å². The number of carbonyl (C=O) groups excluding carboxylic acids is 12. The molecule has 0 radical (unpaired) electrons. The molecule has 4 aromatic rings. The first kappa shape index (κ1) is 82.2. The first-order chi connectivity index (χ1) is 50.0. The van der Waals surface area contributed by atoms with E-state index < -0.39 is 200 Å². The number of hydrogen-bond acceptors (Lipinski definition) is 22. The van der Waals surface area contributed by atoms with E-state index in [9.17, 15) is 68.7 Å². The molecule has 12 amide bonds. The van der Waals surface area contributed by atoms with Gasteiger partial charge in [0.25, 0.3) is 0 Å². The molecule has 35 heteroatoms. The SMILES string of the molecule is CC(C)C[C@@H]1NC(=O)[C@H](CCCN)NC(=O)[C@H](C(C)C)NC(=O)[C@H](Cc2ccc(O)cc2)NC(=O)[C@H](CCC(N)=O)NC(=O)[C@H](CC(N)=O)NC(=O)[C@@H](Cc2ccccc2)NC(=O)[C@H](Cc2cn(CCO[C@@H]3O[C@H](CO)[C@H](O)[C@H](O)[C@H]3O)nn2)NC(=O)[C@@H]2CCCN2C(=O)[C@@H](Cc2ccccc2)NC1=O. The third-order valence-electron chi connectivity index (χ3n) is 18.0. The van der Waals surface area contributed by atoms with Gasteiger partial charge in [-0.3, -0.25) is 57.5 Å². The number of hydrogen-bond donors (Lipinski definition) is 17. The van der Waals surface area contributed by atoms with Crippen molar-refractivity contribution in [1.82, 2.24) is 67.7 Å². The summed E-state index contributed by atoms with van der Waals surface area (Å²) in [6, 6.07) is 6.71. The van der Waals surface area contributed by atoms with E-state index in [-0.39, 0.29) is 95.0 Å². The predicted molar refractivity (Wildman–Crippen MR) is 372 cm³/mol. The number of aliphatic hydroxyl groups excluding tert-OH is 4. The average Bonchev–Trinajstić information content (AvgIpc) is 0.890. The smallest absolute Gasteiger partial charge is 0.246 e. The van der Waals surface area contributed by atoms with E-state index in [0.717, 1.165) is 0 Å². The number of carbonyl (C=O) groups is 12. The summed E-state index contributed by atoms with van der Waals surface area (Å²) in [5.74, 6) is -12.8. The summed E-state index contributed by atoms with van der Waals surface area (Å²) in [6.07, 6.45) is -9.35. The molecular weight excluding hydrogens is 1370 g/mol. The second-order valence-corrected chi connectivity index (χ2v) is 27.1. The highest BCUT2D eigenvalue weighted by molar-refractivity contribution is 6.01. The van der Waals surface area contributed by atoms with Crippen LogP contribution >= 0.6 is 0 Å². The predicted octanol–water partition coefficient (Wildman–Crippen LogP) is -4.98. The van der Waals surface area contributed by atoms with Crippen LogP contribution in [0.2, 0.25) is 0 Å². The molecule has 7 rings (SSSR count). The molecule has 35 nitrogen and oxygen atoms in total. The fraction of sp³-hybridized carbons (Fsp3) is 0.543. The van der Waals surface area contributed by atoms with Crippen molar-refractivity contribution in [3.8, 4) is 5.75 Å². The fourth-order valence-electron chi connectivity index (χ4n) is 12.3. The summed E-state index contributed by atoms with van der Waals surface area (Å²) in [5, 5.41) is 83.2. The van der Waals surface area contributed by atoms with Crippen LogP contribution in [-0.4, -0.2) is 234 Å². The maximum absolute atomic E-state index is 15.3. The number of nitrogens with two attached hydrogens (primary N) is 3. The van der Waals surface area contributed by atoms with Crippen LogP contribution in [0.3, 0.4) is 0 Å². The van der Waals surface area contributed by atoms with E-state index in [0.29, 0.717) is 16.7 Å². The second-order valence-electron chi connectivity index (χ2n) is 27.1. The van der Waals surface area contributed by atoms with Crippen molar-refractivity contribution in [3.05, 3.63) is 114 Å². The summed E-state index contributed by atoms with van der Waals surface area (Å²) < 4.78 is 12.4. The largest absolute Gasteiger partial charge is 0.508 e. The van der Waals surface area contributed by atoms with Gasteiger partial charge >= 0.3 is 0 Å². The molecule has 3 saturated heterocycles. The normalized spacial score (nSPS) is 26.9. The molecule has 20 N–H and O–H groups in total. The topological polar surface area (TPSA) is 545 Å². The summed E-state index contributed by atoms with van der Waals surface area (Å²) in [5.41, 5.74) is 18.6. The number of aromatic hydroxyl groups is 1. The van der Waals surface area contributed by atoms with E-state index in [2.05, 4.69) is 58.2 Å². The Hall–Kier alpha value is -10.0. The highest BCUT2D eigenvalue weighted by Crippen LogP contribution is 2.24. The Morgan fingerprint density at radius 2 is 1.08 bits per heavy atom. The molecule has 4 heterocycles. The lowest BCUT2D eigenvalue weighted by Gasteiger charge is -2.39. The molecule has 0 aliphatic carbocycles. The van der Waals surface area contributed by atoms with Gasteiger partial charge in [0.15, 0.2) is 6.29 Å². The Kier molecular flexibility index (Phi) is 31.1. The zero-order valence-electron chi connectivity index (χ0n) is 59.0. The summed E-state index contributed by atoms with van der Waals surface area (Å²) >= 11 is 0. The highest BCUT2D eigenvalue weighted by Gasteiger charge is 2.45. The van der Waals surface area contributed by atoms with Crippen LogP contribution in [0, 0.1) is 11.8 Å². The van der Waals surface area contributed by atoms with Crippen LogP contribution in [0.4, 0.5) is 0 Å². The maximum atomic E-state index is 15.3. The Balaban J connectivity index is 1.31. The number of nitrogens with one attached hydrogen (secondary N) is 9. The van der Waals surface area contributed by atoms with Crippen molar-refractivity contribution in [2.24, 2.45) is 29.0 Å². The van der Waals surface area contributed by atoms with E-state index in [1.165, 1.54) is 40.0 Å². The van der Waals surface area contributed by atoms with Crippen LogP contribution in [0.25, 0.3) is 0 Å². The zero-order valence-corrected chi connectivity index (χ0v) is 59.0. The average molecular weight is 1470 g/mol. The van der Waals surface area contributed by atoms with Gasteiger partial charge in [0.05, 0.1) is 31.9 Å².